The molecule has 1 aliphatic heterocycles. The van der Waals surface area contributed by atoms with E-state index in [2.05, 4.69) is 5.01 Å². The molecule has 0 aliphatic carbocycles. The summed E-state index contributed by atoms with van der Waals surface area (Å²) in [7, 11) is 6.39. The minimum Gasteiger partial charge on any atom is -0.497 e. The van der Waals surface area contributed by atoms with Crippen LogP contribution in [-0.4, -0.2) is 52.4 Å². The molecule has 0 radical (unpaired) electrons. The molecule has 7 nitrogen and oxygen atoms in total. The first-order valence-electron chi connectivity index (χ1n) is 11.7. The predicted octanol–water partition coefficient (Wildman–Crippen LogP) is 5.86. The number of carbonyl (C=O) groups excluding carboxylic acids is 1. The lowest BCUT2D eigenvalue weighted by atomic mass is 10.0. The van der Waals surface area contributed by atoms with Gasteiger partial charge in [-0.2, -0.15) is 0 Å². The van der Waals surface area contributed by atoms with Crippen LogP contribution in [0.2, 0.25) is 0 Å². The quantitative estimate of drug-likeness (QED) is 0.377. The van der Waals surface area contributed by atoms with Crippen molar-refractivity contribution < 1.29 is 23.7 Å². The summed E-state index contributed by atoms with van der Waals surface area (Å²) in [5.41, 5.74) is 3.15. The van der Waals surface area contributed by atoms with Crippen molar-refractivity contribution in [3.63, 3.8) is 0 Å². The fraction of sp³-hybridized carbons (Fsp3) is 0.321. The number of ether oxygens (including phenoxy) is 4. The maximum Gasteiger partial charge on any atom is 0.272 e. The van der Waals surface area contributed by atoms with Gasteiger partial charge in [-0.1, -0.05) is 18.6 Å². The lowest BCUT2D eigenvalue weighted by Gasteiger charge is -2.37. The van der Waals surface area contributed by atoms with Crippen LogP contribution in [0.1, 0.15) is 29.6 Å². The van der Waals surface area contributed by atoms with Crippen molar-refractivity contribution in [1.82, 2.24) is 5.01 Å². The molecule has 36 heavy (non-hydrogen) atoms. The Morgan fingerprint density at radius 2 is 1.39 bits per heavy atom. The summed E-state index contributed by atoms with van der Waals surface area (Å²) in [5.74, 6) is 2.33. The molecule has 0 N–H and O–H groups in total. The first kappa shape index (κ1) is 27.2. The number of hydrazine groups is 1. The number of anilines is 1. The lowest BCUT2D eigenvalue weighted by molar-refractivity contribution is 0.0872. The van der Waals surface area contributed by atoms with Crippen molar-refractivity contribution in [2.45, 2.75) is 19.3 Å². The highest BCUT2D eigenvalue weighted by molar-refractivity contribution is 6.06. The zero-order valence-electron chi connectivity index (χ0n) is 21.2. The third kappa shape index (κ3) is 5.69. The predicted molar refractivity (Wildman–Crippen MR) is 144 cm³/mol. The molecule has 1 heterocycles. The molecule has 0 aromatic heterocycles. The maximum atomic E-state index is 13.9. The largest absolute Gasteiger partial charge is 0.497 e. The van der Waals surface area contributed by atoms with Crippen molar-refractivity contribution in [1.29, 1.82) is 0 Å². The number of halogens is 1. The van der Waals surface area contributed by atoms with Gasteiger partial charge < -0.3 is 18.9 Å². The molecular weight excluding hydrogens is 480 g/mol. The Labute approximate surface area is 218 Å². The third-order valence-corrected chi connectivity index (χ3v) is 6.23. The first-order valence-corrected chi connectivity index (χ1v) is 11.7. The van der Waals surface area contributed by atoms with Crippen LogP contribution in [0.25, 0.3) is 11.1 Å². The number of amides is 1. The number of hydrogen-bond donors (Lipinski definition) is 0. The van der Waals surface area contributed by atoms with Gasteiger partial charge in [0.2, 0.25) is 5.75 Å². The molecule has 1 amide bonds. The number of hydrogen-bond acceptors (Lipinski definition) is 6. The number of piperidine rings is 1. The molecule has 1 fully saturated rings. The zero-order chi connectivity index (χ0) is 24.8. The summed E-state index contributed by atoms with van der Waals surface area (Å²) in [5, 5.41) is 3.94. The fourth-order valence-electron chi connectivity index (χ4n) is 4.41. The van der Waals surface area contributed by atoms with Gasteiger partial charge in [-0.25, -0.2) is 10.0 Å². The van der Waals surface area contributed by atoms with E-state index >= 15 is 0 Å². The van der Waals surface area contributed by atoms with Crippen molar-refractivity contribution in [3.8, 4) is 34.1 Å². The van der Waals surface area contributed by atoms with Crippen LogP contribution in [0.15, 0.2) is 60.7 Å². The Morgan fingerprint density at radius 3 is 1.94 bits per heavy atom. The summed E-state index contributed by atoms with van der Waals surface area (Å²) in [6, 6.07) is 19.0. The van der Waals surface area contributed by atoms with E-state index in [9.17, 15) is 4.79 Å². The van der Waals surface area contributed by atoms with Gasteiger partial charge in [-0.15, -0.1) is 12.4 Å². The minimum atomic E-state index is -0.0774. The smallest absolute Gasteiger partial charge is 0.272 e. The van der Waals surface area contributed by atoms with Gasteiger partial charge in [0.1, 0.15) is 5.75 Å². The monoisotopic (exact) mass is 512 g/mol. The average Bonchev–Trinajstić information content (AvgIpc) is 2.93. The second-order valence-corrected chi connectivity index (χ2v) is 8.32. The summed E-state index contributed by atoms with van der Waals surface area (Å²) in [6.45, 7) is 1.68. The normalized spacial score (nSPS) is 13.3. The van der Waals surface area contributed by atoms with Crippen LogP contribution in [0, 0.1) is 0 Å². The van der Waals surface area contributed by atoms with Crippen molar-refractivity contribution in [2.24, 2.45) is 0 Å². The second-order valence-electron chi connectivity index (χ2n) is 8.32. The molecule has 4 rings (SSSR count). The van der Waals surface area contributed by atoms with Crippen LogP contribution < -0.4 is 24.0 Å². The highest BCUT2D eigenvalue weighted by Gasteiger charge is 2.26. The molecule has 0 unspecified atom stereocenters. The summed E-state index contributed by atoms with van der Waals surface area (Å²) >= 11 is 0. The third-order valence-electron chi connectivity index (χ3n) is 6.23. The summed E-state index contributed by atoms with van der Waals surface area (Å²) in [4.78, 5) is 13.9. The van der Waals surface area contributed by atoms with Gasteiger partial charge in [-0.3, -0.25) is 4.79 Å². The van der Waals surface area contributed by atoms with Gasteiger partial charge in [0, 0.05) is 18.7 Å². The van der Waals surface area contributed by atoms with E-state index in [1.54, 1.807) is 33.4 Å². The molecule has 0 spiro atoms. The standard InChI is InChI=1S/C28H32N2O5.ClH/c1-32-24-13-11-23(12-14-24)30(29-15-6-5-7-16-29)28(31)21-10-8-9-20(17-21)22-18-25(33-2)27(35-4)26(19-22)34-3;/h8-14,17-19H,5-7,15-16H2,1-4H3;1H. The van der Waals surface area contributed by atoms with E-state index in [4.69, 9.17) is 18.9 Å². The molecule has 3 aromatic carbocycles. The molecular formula is C28H33ClN2O5. The number of methoxy groups -OCH3 is 4. The Morgan fingerprint density at radius 1 is 0.750 bits per heavy atom. The van der Waals surface area contributed by atoms with E-state index in [1.165, 1.54) is 6.42 Å². The van der Waals surface area contributed by atoms with E-state index in [1.807, 2.05) is 60.7 Å². The van der Waals surface area contributed by atoms with Crippen LogP contribution in [-0.2, 0) is 0 Å². The molecule has 0 atom stereocenters. The summed E-state index contributed by atoms with van der Waals surface area (Å²) < 4.78 is 21.8. The second kappa shape index (κ2) is 12.5. The Balaban J connectivity index is 0.00000361. The summed E-state index contributed by atoms with van der Waals surface area (Å²) in [6.07, 6.45) is 3.30. The van der Waals surface area contributed by atoms with Crippen molar-refractivity contribution in [2.75, 3.05) is 46.5 Å². The maximum absolute atomic E-state index is 13.9. The number of benzene rings is 3. The molecule has 0 saturated carbocycles. The SMILES string of the molecule is COc1ccc(N(C(=O)c2cccc(-c3cc(OC)c(OC)c(OC)c3)c2)N2CCCCC2)cc1.Cl. The fourth-order valence-corrected chi connectivity index (χ4v) is 4.41. The highest BCUT2D eigenvalue weighted by Crippen LogP contribution is 2.41. The van der Waals surface area contributed by atoms with E-state index in [0.717, 1.165) is 48.5 Å². The highest BCUT2D eigenvalue weighted by atomic mass is 35.5. The Kier molecular flexibility index (Phi) is 9.44. The lowest BCUT2D eigenvalue weighted by Crippen LogP contribution is -2.49. The van der Waals surface area contributed by atoms with Gasteiger partial charge in [0.15, 0.2) is 11.5 Å². The van der Waals surface area contributed by atoms with Crippen molar-refractivity contribution in [3.05, 3.63) is 66.2 Å². The molecule has 192 valence electrons. The zero-order valence-corrected chi connectivity index (χ0v) is 22.0. The molecule has 8 heteroatoms. The van der Waals surface area contributed by atoms with Crippen molar-refractivity contribution >= 4 is 24.0 Å². The topological polar surface area (TPSA) is 60.5 Å². The van der Waals surface area contributed by atoms with E-state index in [0.29, 0.717) is 22.8 Å². The van der Waals surface area contributed by atoms with Crippen LogP contribution in [0.5, 0.6) is 23.0 Å². The van der Waals surface area contributed by atoms with Gasteiger partial charge in [-0.05, 0) is 72.5 Å². The van der Waals surface area contributed by atoms with E-state index in [-0.39, 0.29) is 18.3 Å². The average molecular weight is 513 g/mol. The van der Waals surface area contributed by atoms with Crippen LogP contribution in [0.4, 0.5) is 5.69 Å². The first-order chi connectivity index (χ1) is 17.1. The molecule has 0 bridgehead atoms. The van der Waals surface area contributed by atoms with Gasteiger partial charge in [0.05, 0.1) is 34.1 Å². The van der Waals surface area contributed by atoms with Gasteiger partial charge in [0.25, 0.3) is 5.91 Å². The Bertz CT molecular complexity index is 1140. The van der Waals surface area contributed by atoms with Crippen LogP contribution in [0.3, 0.4) is 0 Å². The van der Waals surface area contributed by atoms with E-state index < -0.39 is 0 Å². The van der Waals surface area contributed by atoms with Crippen LogP contribution >= 0.6 is 12.4 Å². The molecule has 1 saturated heterocycles. The van der Waals surface area contributed by atoms with Gasteiger partial charge >= 0.3 is 0 Å². The number of nitrogens with zero attached hydrogens (tertiary/aromatic N) is 2. The minimum absolute atomic E-state index is 0. The Hall–Kier alpha value is -3.42. The number of rotatable bonds is 8. The molecule has 3 aromatic rings. The molecule has 1 aliphatic rings. The number of carbonyl (C=O) groups is 1.